The molecule has 21 heavy (non-hydrogen) atoms. The smallest absolute Gasteiger partial charge is 0.331 e. The molecule has 1 N–H and O–H groups in total. The van der Waals surface area contributed by atoms with Crippen molar-refractivity contribution in [1.29, 1.82) is 0 Å². The van der Waals surface area contributed by atoms with Crippen molar-refractivity contribution in [2.24, 2.45) is 0 Å². The van der Waals surface area contributed by atoms with Crippen LogP contribution in [-0.2, 0) is 19.1 Å². The van der Waals surface area contributed by atoms with Gasteiger partial charge >= 0.3 is 11.9 Å². The van der Waals surface area contributed by atoms with Gasteiger partial charge in [0.15, 0.2) is 0 Å². The Balaban J connectivity index is 2.15. The predicted molar refractivity (Wildman–Crippen MR) is 78.1 cm³/mol. The van der Waals surface area contributed by atoms with Gasteiger partial charge < -0.3 is 14.6 Å². The molecule has 0 aromatic rings. The molecular weight excluding hydrogens is 274 g/mol. The predicted octanol–water partition coefficient (Wildman–Crippen LogP) is 1.45. The quantitative estimate of drug-likeness (QED) is 0.394. The standard InChI is InChI=1S/C15H25NO5/c1-2-13(21-15(19)7-6-14(17)18)5-3-4-8-16-9-11-20-12-10-16/h6-7,13H,2-5,8-12H2,1H3,(H,17,18). The van der Waals surface area contributed by atoms with E-state index in [0.717, 1.165) is 70.7 Å². The molecular formula is C15H25NO5. The van der Waals surface area contributed by atoms with Crippen molar-refractivity contribution in [3.05, 3.63) is 12.2 Å². The fraction of sp³-hybridized carbons (Fsp3) is 0.733. The van der Waals surface area contributed by atoms with Crippen LogP contribution in [0.2, 0.25) is 0 Å². The Bertz CT molecular complexity index is 350. The summed E-state index contributed by atoms with van der Waals surface area (Å²) in [5, 5.41) is 8.44. The molecule has 1 rings (SSSR count). The van der Waals surface area contributed by atoms with Gasteiger partial charge in [0.05, 0.1) is 13.2 Å². The molecule has 1 aliphatic heterocycles. The van der Waals surface area contributed by atoms with Gasteiger partial charge in [-0.15, -0.1) is 0 Å². The molecule has 6 heteroatoms. The highest BCUT2D eigenvalue weighted by molar-refractivity contribution is 5.90. The van der Waals surface area contributed by atoms with E-state index in [4.69, 9.17) is 14.6 Å². The Kier molecular flexibility index (Phi) is 8.69. The molecule has 1 unspecified atom stereocenters. The van der Waals surface area contributed by atoms with Gasteiger partial charge in [0.25, 0.3) is 0 Å². The summed E-state index contributed by atoms with van der Waals surface area (Å²) in [6, 6.07) is 0. The Morgan fingerprint density at radius 1 is 1.29 bits per heavy atom. The summed E-state index contributed by atoms with van der Waals surface area (Å²) in [5.41, 5.74) is 0. The van der Waals surface area contributed by atoms with Gasteiger partial charge in [0, 0.05) is 25.2 Å². The van der Waals surface area contributed by atoms with Crippen LogP contribution in [0.4, 0.5) is 0 Å². The van der Waals surface area contributed by atoms with Gasteiger partial charge in [-0.25, -0.2) is 9.59 Å². The van der Waals surface area contributed by atoms with E-state index in [1.165, 1.54) is 0 Å². The van der Waals surface area contributed by atoms with Crippen LogP contribution >= 0.6 is 0 Å². The third kappa shape index (κ3) is 8.47. The zero-order valence-electron chi connectivity index (χ0n) is 12.6. The van der Waals surface area contributed by atoms with Crippen LogP contribution in [-0.4, -0.2) is 60.9 Å². The lowest BCUT2D eigenvalue weighted by Gasteiger charge is -2.26. The summed E-state index contributed by atoms with van der Waals surface area (Å²) in [4.78, 5) is 24.1. The van der Waals surface area contributed by atoms with Crippen LogP contribution in [0.1, 0.15) is 32.6 Å². The lowest BCUT2D eigenvalue weighted by Crippen LogP contribution is -2.36. The average Bonchev–Trinajstić information content (AvgIpc) is 2.49. The topological polar surface area (TPSA) is 76.1 Å². The number of nitrogens with zero attached hydrogens (tertiary/aromatic N) is 1. The van der Waals surface area contributed by atoms with Crippen LogP contribution in [0.3, 0.4) is 0 Å². The van der Waals surface area contributed by atoms with Crippen LogP contribution in [0.25, 0.3) is 0 Å². The van der Waals surface area contributed by atoms with E-state index in [0.29, 0.717) is 0 Å². The maximum atomic E-state index is 11.4. The molecule has 0 amide bonds. The molecule has 0 radical (unpaired) electrons. The fourth-order valence-corrected chi connectivity index (χ4v) is 2.22. The number of hydrogen-bond acceptors (Lipinski definition) is 5. The molecule has 0 bridgehead atoms. The normalized spacial score (nSPS) is 17.8. The van der Waals surface area contributed by atoms with Gasteiger partial charge in [-0.2, -0.15) is 0 Å². The van der Waals surface area contributed by atoms with Gasteiger partial charge in [-0.3, -0.25) is 4.90 Å². The first-order chi connectivity index (χ1) is 10.1. The minimum atomic E-state index is -1.15. The van der Waals surface area contributed by atoms with Crippen molar-refractivity contribution in [2.75, 3.05) is 32.8 Å². The monoisotopic (exact) mass is 299 g/mol. The Hall–Kier alpha value is -1.40. The molecule has 0 aromatic carbocycles. The van der Waals surface area contributed by atoms with E-state index in [1.807, 2.05) is 6.92 Å². The number of hydrogen-bond donors (Lipinski definition) is 1. The van der Waals surface area contributed by atoms with E-state index in [-0.39, 0.29) is 6.10 Å². The van der Waals surface area contributed by atoms with Crippen molar-refractivity contribution in [3.8, 4) is 0 Å². The number of carbonyl (C=O) groups excluding carboxylic acids is 1. The van der Waals surface area contributed by atoms with E-state index in [9.17, 15) is 9.59 Å². The SMILES string of the molecule is CCC(CCCCN1CCOCC1)OC(=O)C=CC(=O)O. The Morgan fingerprint density at radius 3 is 2.62 bits per heavy atom. The van der Waals surface area contributed by atoms with Crippen molar-refractivity contribution in [2.45, 2.75) is 38.7 Å². The van der Waals surface area contributed by atoms with Crippen molar-refractivity contribution < 1.29 is 24.2 Å². The van der Waals surface area contributed by atoms with Crippen LogP contribution < -0.4 is 0 Å². The molecule has 1 aliphatic rings. The molecule has 0 aromatic heterocycles. The van der Waals surface area contributed by atoms with Crippen molar-refractivity contribution >= 4 is 11.9 Å². The minimum Gasteiger partial charge on any atom is -0.478 e. The molecule has 1 fully saturated rings. The zero-order chi connectivity index (χ0) is 15.5. The largest absolute Gasteiger partial charge is 0.478 e. The van der Waals surface area contributed by atoms with Crippen LogP contribution in [0.5, 0.6) is 0 Å². The molecule has 1 saturated heterocycles. The highest BCUT2D eigenvalue weighted by Crippen LogP contribution is 2.10. The number of morpholine rings is 1. The third-order valence-corrected chi connectivity index (χ3v) is 3.45. The van der Waals surface area contributed by atoms with Gasteiger partial charge in [0.1, 0.15) is 6.10 Å². The second-order valence-corrected chi connectivity index (χ2v) is 5.09. The fourth-order valence-electron chi connectivity index (χ4n) is 2.22. The van der Waals surface area contributed by atoms with E-state index in [1.54, 1.807) is 0 Å². The number of carboxylic acids is 1. The average molecular weight is 299 g/mol. The van der Waals surface area contributed by atoms with Crippen LogP contribution in [0.15, 0.2) is 12.2 Å². The number of ether oxygens (including phenoxy) is 2. The van der Waals surface area contributed by atoms with Gasteiger partial charge in [-0.1, -0.05) is 6.92 Å². The second-order valence-electron chi connectivity index (χ2n) is 5.09. The highest BCUT2D eigenvalue weighted by atomic mass is 16.5. The van der Waals surface area contributed by atoms with Crippen LogP contribution in [0, 0.1) is 0 Å². The summed E-state index contributed by atoms with van der Waals surface area (Å²) in [6.07, 6.45) is 5.23. The number of carbonyl (C=O) groups is 2. The highest BCUT2D eigenvalue weighted by Gasteiger charge is 2.12. The first-order valence-electron chi connectivity index (χ1n) is 7.53. The zero-order valence-corrected chi connectivity index (χ0v) is 12.6. The Labute approximate surface area is 125 Å². The minimum absolute atomic E-state index is 0.138. The molecule has 0 saturated carbocycles. The van der Waals surface area contributed by atoms with Gasteiger partial charge in [0.2, 0.25) is 0 Å². The number of aliphatic carboxylic acids is 1. The number of carboxylic acid groups (broad SMARTS) is 1. The maximum absolute atomic E-state index is 11.4. The van der Waals surface area contributed by atoms with E-state index in [2.05, 4.69) is 4.90 Å². The lowest BCUT2D eigenvalue weighted by molar-refractivity contribution is -0.144. The molecule has 1 heterocycles. The first kappa shape index (κ1) is 17.7. The van der Waals surface area contributed by atoms with E-state index < -0.39 is 11.9 Å². The molecule has 0 aliphatic carbocycles. The summed E-state index contributed by atoms with van der Waals surface area (Å²) in [5.74, 6) is -1.73. The van der Waals surface area contributed by atoms with Crippen molar-refractivity contribution in [3.63, 3.8) is 0 Å². The summed E-state index contributed by atoms with van der Waals surface area (Å²) < 4.78 is 10.5. The molecule has 0 spiro atoms. The molecule has 1 atom stereocenters. The maximum Gasteiger partial charge on any atom is 0.331 e. The summed E-state index contributed by atoms with van der Waals surface area (Å²) in [6.45, 7) is 6.61. The van der Waals surface area contributed by atoms with Crippen molar-refractivity contribution in [1.82, 2.24) is 4.90 Å². The first-order valence-corrected chi connectivity index (χ1v) is 7.53. The molecule has 120 valence electrons. The lowest BCUT2D eigenvalue weighted by atomic mass is 10.1. The Morgan fingerprint density at radius 2 is 2.00 bits per heavy atom. The summed E-state index contributed by atoms with van der Waals surface area (Å²) >= 11 is 0. The number of esters is 1. The number of rotatable bonds is 9. The summed E-state index contributed by atoms with van der Waals surface area (Å²) in [7, 11) is 0. The van der Waals surface area contributed by atoms with Gasteiger partial charge in [-0.05, 0) is 32.2 Å². The second kappa shape index (κ2) is 10.3. The molecule has 6 nitrogen and oxygen atoms in total. The third-order valence-electron chi connectivity index (χ3n) is 3.45. The van der Waals surface area contributed by atoms with E-state index >= 15 is 0 Å². The number of unbranched alkanes of at least 4 members (excludes halogenated alkanes) is 1.